The summed E-state index contributed by atoms with van der Waals surface area (Å²) in [6, 6.07) is 8.48. The lowest BCUT2D eigenvalue weighted by molar-refractivity contribution is -0.144. The topological polar surface area (TPSA) is 133 Å². The summed E-state index contributed by atoms with van der Waals surface area (Å²) in [5, 5.41) is 27.8. The van der Waals surface area contributed by atoms with Crippen molar-refractivity contribution >= 4 is 23.0 Å². The SMILES string of the molecule is C=C(CCOC(=O)CCc1ccc2nn(-c3cc4c(cc3O)OCO4)nc2c1)C(=O)O. The largest absolute Gasteiger partial charge is 0.505 e. The molecule has 10 nitrogen and oxygen atoms in total. The lowest BCUT2D eigenvalue weighted by Gasteiger charge is -2.05. The van der Waals surface area contributed by atoms with Crippen LogP contribution in [0.3, 0.4) is 0 Å². The molecule has 2 heterocycles. The lowest BCUT2D eigenvalue weighted by Crippen LogP contribution is -2.09. The van der Waals surface area contributed by atoms with Crippen molar-refractivity contribution in [3.8, 4) is 22.9 Å². The molecule has 1 aliphatic heterocycles. The van der Waals surface area contributed by atoms with Crippen LogP contribution in [-0.4, -0.2) is 50.5 Å². The highest BCUT2D eigenvalue weighted by Gasteiger charge is 2.19. The number of hydrogen-bond donors (Lipinski definition) is 2. The first-order chi connectivity index (χ1) is 14.9. The number of carbonyl (C=O) groups is 2. The number of aliphatic carboxylic acids is 1. The van der Waals surface area contributed by atoms with Gasteiger partial charge in [0.15, 0.2) is 11.5 Å². The fourth-order valence-electron chi connectivity index (χ4n) is 3.02. The van der Waals surface area contributed by atoms with Crippen LogP contribution in [0.2, 0.25) is 0 Å². The molecule has 0 radical (unpaired) electrons. The highest BCUT2D eigenvalue weighted by atomic mass is 16.7. The van der Waals surface area contributed by atoms with Crippen LogP contribution in [-0.2, 0) is 20.7 Å². The standard InChI is InChI=1S/C21H19N3O7/c1-12(21(27)28)6-7-29-20(26)5-3-13-2-4-14-15(8-13)23-24(22-14)16-9-18-19(10-17(16)25)31-11-30-18/h2,4,8-10,25H,1,3,5-7,11H2,(H,27,28). The van der Waals surface area contributed by atoms with Gasteiger partial charge in [-0.05, 0) is 24.1 Å². The summed E-state index contributed by atoms with van der Waals surface area (Å²) in [7, 11) is 0. The van der Waals surface area contributed by atoms with Gasteiger partial charge in [-0.1, -0.05) is 12.6 Å². The third-order valence-electron chi connectivity index (χ3n) is 4.72. The number of esters is 1. The van der Waals surface area contributed by atoms with Crippen molar-refractivity contribution in [1.82, 2.24) is 15.0 Å². The molecule has 0 unspecified atom stereocenters. The first kappa shape index (κ1) is 20.2. The molecule has 0 atom stereocenters. The maximum Gasteiger partial charge on any atom is 0.331 e. The third kappa shape index (κ3) is 4.42. The summed E-state index contributed by atoms with van der Waals surface area (Å²) >= 11 is 0. The number of fused-ring (bicyclic) bond motifs is 2. The predicted molar refractivity (Wildman–Crippen MR) is 107 cm³/mol. The Morgan fingerprint density at radius 2 is 1.84 bits per heavy atom. The number of phenols is 1. The predicted octanol–water partition coefficient (Wildman–Crippen LogP) is 2.36. The second-order valence-corrected chi connectivity index (χ2v) is 6.89. The second-order valence-electron chi connectivity index (χ2n) is 6.89. The number of carboxylic acid groups (broad SMARTS) is 1. The van der Waals surface area contributed by atoms with Crippen molar-refractivity contribution in [2.75, 3.05) is 13.4 Å². The van der Waals surface area contributed by atoms with Crippen molar-refractivity contribution in [3.05, 3.63) is 48.0 Å². The van der Waals surface area contributed by atoms with Crippen molar-refractivity contribution < 1.29 is 34.0 Å². The molecule has 2 aromatic carbocycles. The van der Waals surface area contributed by atoms with E-state index in [0.29, 0.717) is 34.6 Å². The Bertz CT molecular complexity index is 1190. The summed E-state index contributed by atoms with van der Waals surface area (Å²) in [4.78, 5) is 23.9. The molecule has 4 rings (SSSR count). The van der Waals surface area contributed by atoms with E-state index in [9.17, 15) is 14.7 Å². The van der Waals surface area contributed by atoms with Gasteiger partial charge in [0.1, 0.15) is 22.5 Å². The molecular formula is C21H19N3O7. The molecule has 1 aromatic heterocycles. The van der Waals surface area contributed by atoms with Crippen molar-refractivity contribution in [1.29, 1.82) is 0 Å². The Hall–Kier alpha value is -4.08. The highest BCUT2D eigenvalue weighted by molar-refractivity contribution is 5.85. The van der Waals surface area contributed by atoms with Gasteiger partial charge in [-0.3, -0.25) is 4.79 Å². The van der Waals surface area contributed by atoms with E-state index in [1.54, 1.807) is 12.1 Å². The first-order valence-corrected chi connectivity index (χ1v) is 9.46. The van der Waals surface area contributed by atoms with E-state index in [1.807, 2.05) is 12.1 Å². The molecule has 0 bridgehead atoms. The van der Waals surface area contributed by atoms with Crippen LogP contribution in [0.15, 0.2) is 42.5 Å². The molecule has 2 N–H and O–H groups in total. The summed E-state index contributed by atoms with van der Waals surface area (Å²) in [5.41, 5.74) is 2.43. The Kier molecular flexibility index (Phi) is 5.44. The van der Waals surface area contributed by atoms with Gasteiger partial charge >= 0.3 is 11.9 Å². The molecule has 0 spiro atoms. The zero-order valence-corrected chi connectivity index (χ0v) is 16.4. The average molecular weight is 425 g/mol. The molecule has 0 saturated carbocycles. The first-order valence-electron chi connectivity index (χ1n) is 9.46. The quantitative estimate of drug-likeness (QED) is 0.412. The fraction of sp³-hybridized carbons (Fsp3) is 0.238. The second kappa shape index (κ2) is 8.34. The number of aryl methyl sites for hydroxylation is 1. The molecular weight excluding hydrogens is 406 g/mol. The van der Waals surface area contributed by atoms with Gasteiger partial charge in [0.05, 0.1) is 6.61 Å². The molecule has 3 aromatic rings. The van der Waals surface area contributed by atoms with E-state index < -0.39 is 11.9 Å². The number of carbonyl (C=O) groups excluding carboxylic acids is 1. The average Bonchev–Trinajstić information content (AvgIpc) is 3.37. The smallest absolute Gasteiger partial charge is 0.331 e. The van der Waals surface area contributed by atoms with Crippen LogP contribution in [0, 0.1) is 0 Å². The summed E-state index contributed by atoms with van der Waals surface area (Å²) in [5.74, 6) is -0.614. The van der Waals surface area contributed by atoms with Crippen LogP contribution in [0.25, 0.3) is 16.7 Å². The van der Waals surface area contributed by atoms with Crippen LogP contribution in [0.4, 0.5) is 0 Å². The summed E-state index contributed by atoms with van der Waals surface area (Å²) in [6.07, 6.45) is 0.655. The minimum atomic E-state index is -1.11. The maximum absolute atomic E-state index is 11.9. The number of carboxylic acids is 1. The molecule has 0 amide bonds. The van der Waals surface area contributed by atoms with Gasteiger partial charge in [0.2, 0.25) is 6.79 Å². The zero-order valence-electron chi connectivity index (χ0n) is 16.4. The minimum absolute atomic E-state index is 0.00478. The molecule has 160 valence electrons. The molecule has 0 fully saturated rings. The van der Waals surface area contributed by atoms with Gasteiger partial charge in [0, 0.05) is 30.5 Å². The molecule has 10 heteroatoms. The van der Waals surface area contributed by atoms with E-state index in [1.165, 1.54) is 10.9 Å². The normalized spacial score (nSPS) is 12.1. The molecule has 0 aliphatic carbocycles. The minimum Gasteiger partial charge on any atom is -0.505 e. The lowest BCUT2D eigenvalue weighted by atomic mass is 10.1. The highest BCUT2D eigenvalue weighted by Crippen LogP contribution is 2.39. The van der Waals surface area contributed by atoms with Crippen LogP contribution >= 0.6 is 0 Å². The van der Waals surface area contributed by atoms with Crippen molar-refractivity contribution in [2.45, 2.75) is 19.3 Å². The summed E-state index contributed by atoms with van der Waals surface area (Å²) in [6.45, 7) is 3.46. The van der Waals surface area contributed by atoms with E-state index in [2.05, 4.69) is 16.8 Å². The molecule has 31 heavy (non-hydrogen) atoms. The maximum atomic E-state index is 11.9. The van der Waals surface area contributed by atoms with E-state index >= 15 is 0 Å². The Morgan fingerprint density at radius 1 is 1.10 bits per heavy atom. The monoisotopic (exact) mass is 425 g/mol. The van der Waals surface area contributed by atoms with Gasteiger partial charge in [0.25, 0.3) is 0 Å². The van der Waals surface area contributed by atoms with Gasteiger partial charge in [-0.15, -0.1) is 15.0 Å². The fourth-order valence-corrected chi connectivity index (χ4v) is 3.02. The number of aromatic hydroxyl groups is 1. The van der Waals surface area contributed by atoms with Crippen molar-refractivity contribution in [2.24, 2.45) is 0 Å². The Balaban J connectivity index is 1.41. The number of hydrogen-bond acceptors (Lipinski definition) is 8. The van der Waals surface area contributed by atoms with Gasteiger partial charge in [-0.25, -0.2) is 4.79 Å². The number of phenolic OH excluding ortho intramolecular Hbond substituents is 1. The van der Waals surface area contributed by atoms with E-state index in [4.69, 9.17) is 19.3 Å². The number of ether oxygens (including phenoxy) is 3. The van der Waals surface area contributed by atoms with Crippen LogP contribution in [0.1, 0.15) is 18.4 Å². The molecule has 1 aliphatic rings. The number of nitrogens with zero attached hydrogens (tertiary/aromatic N) is 3. The third-order valence-corrected chi connectivity index (χ3v) is 4.72. The number of rotatable bonds is 8. The number of benzene rings is 2. The Labute approximate surface area is 176 Å². The van der Waals surface area contributed by atoms with E-state index in [0.717, 1.165) is 5.56 Å². The van der Waals surface area contributed by atoms with Crippen LogP contribution in [0.5, 0.6) is 17.2 Å². The van der Waals surface area contributed by atoms with Crippen molar-refractivity contribution in [3.63, 3.8) is 0 Å². The van der Waals surface area contributed by atoms with Gasteiger partial charge < -0.3 is 24.4 Å². The number of aromatic nitrogens is 3. The van der Waals surface area contributed by atoms with E-state index in [-0.39, 0.29) is 37.6 Å². The van der Waals surface area contributed by atoms with Gasteiger partial charge in [-0.2, -0.15) is 0 Å². The van der Waals surface area contributed by atoms with Crippen LogP contribution < -0.4 is 9.47 Å². The zero-order chi connectivity index (χ0) is 22.0. The summed E-state index contributed by atoms with van der Waals surface area (Å²) < 4.78 is 15.6. The Morgan fingerprint density at radius 3 is 2.61 bits per heavy atom. The molecule has 0 saturated heterocycles.